The van der Waals surface area contributed by atoms with Gasteiger partial charge in [0, 0.05) is 0 Å². The van der Waals surface area contributed by atoms with Gasteiger partial charge in [-0.1, -0.05) is 41.5 Å². The first-order valence-corrected chi connectivity index (χ1v) is 5.28. The average molecular weight is 168 g/mol. The minimum Gasteiger partial charge on any atom is -0.0623 e. The van der Waals surface area contributed by atoms with Crippen molar-refractivity contribution in [1.82, 2.24) is 0 Å². The van der Waals surface area contributed by atoms with Gasteiger partial charge in [-0.25, -0.2) is 0 Å². The van der Waals surface area contributed by atoms with E-state index in [9.17, 15) is 0 Å². The van der Waals surface area contributed by atoms with Crippen LogP contribution < -0.4 is 0 Å². The molecular formula is C12H24. The van der Waals surface area contributed by atoms with Gasteiger partial charge in [0.05, 0.1) is 0 Å². The van der Waals surface area contributed by atoms with Crippen molar-refractivity contribution in [2.75, 3.05) is 0 Å². The first-order chi connectivity index (χ1) is 5.28. The molecule has 0 saturated heterocycles. The van der Waals surface area contributed by atoms with Gasteiger partial charge in [0.1, 0.15) is 0 Å². The number of rotatable bonds is 2. The van der Waals surface area contributed by atoms with Crippen molar-refractivity contribution < 1.29 is 0 Å². The van der Waals surface area contributed by atoms with E-state index in [-0.39, 0.29) is 0 Å². The fraction of sp³-hybridized carbons (Fsp3) is 1.00. The van der Waals surface area contributed by atoms with E-state index in [0.717, 1.165) is 11.8 Å². The van der Waals surface area contributed by atoms with Crippen molar-refractivity contribution in [1.29, 1.82) is 0 Å². The van der Waals surface area contributed by atoms with Crippen LogP contribution in [0.2, 0.25) is 0 Å². The normalized spacial score (nSPS) is 28.8. The zero-order chi connectivity index (χ0) is 9.57. The second-order valence-electron chi connectivity index (χ2n) is 6.06. The van der Waals surface area contributed by atoms with Crippen molar-refractivity contribution >= 4 is 0 Å². The molecule has 0 aromatic carbocycles. The van der Waals surface area contributed by atoms with Gasteiger partial charge in [0.25, 0.3) is 0 Å². The minimum atomic E-state index is 0.530. The summed E-state index contributed by atoms with van der Waals surface area (Å²) in [6.45, 7) is 14.4. The summed E-state index contributed by atoms with van der Waals surface area (Å²) in [7, 11) is 0. The van der Waals surface area contributed by atoms with Gasteiger partial charge in [-0.05, 0) is 35.5 Å². The SMILES string of the molecule is CC(C)C(C)(C)C1CCC1(C)C. The lowest BCUT2D eigenvalue weighted by Gasteiger charge is -2.54. The maximum absolute atomic E-state index is 2.43. The van der Waals surface area contributed by atoms with E-state index in [1.54, 1.807) is 0 Å². The molecule has 1 aliphatic rings. The summed E-state index contributed by atoms with van der Waals surface area (Å²) in [6.07, 6.45) is 2.87. The maximum atomic E-state index is 2.43. The van der Waals surface area contributed by atoms with Crippen LogP contribution in [0.1, 0.15) is 54.4 Å². The van der Waals surface area contributed by atoms with E-state index in [1.807, 2.05) is 0 Å². The third-order valence-electron chi connectivity index (χ3n) is 4.41. The minimum absolute atomic E-state index is 0.530. The largest absolute Gasteiger partial charge is 0.0623 e. The van der Waals surface area contributed by atoms with Crippen molar-refractivity contribution in [3.63, 3.8) is 0 Å². The zero-order valence-electron chi connectivity index (χ0n) is 9.57. The summed E-state index contributed by atoms with van der Waals surface area (Å²) in [5.74, 6) is 1.74. The van der Waals surface area contributed by atoms with E-state index >= 15 is 0 Å². The molecule has 1 fully saturated rings. The third-order valence-corrected chi connectivity index (χ3v) is 4.41. The summed E-state index contributed by atoms with van der Waals surface area (Å²) in [4.78, 5) is 0. The van der Waals surface area contributed by atoms with Crippen molar-refractivity contribution in [3.8, 4) is 0 Å². The molecule has 0 aliphatic heterocycles. The first-order valence-electron chi connectivity index (χ1n) is 5.28. The van der Waals surface area contributed by atoms with Crippen molar-refractivity contribution in [2.45, 2.75) is 54.4 Å². The van der Waals surface area contributed by atoms with E-state index in [0.29, 0.717) is 10.8 Å². The molecule has 1 aliphatic carbocycles. The Morgan fingerprint density at radius 3 is 1.83 bits per heavy atom. The Hall–Kier alpha value is 0. The quantitative estimate of drug-likeness (QED) is 0.582. The lowest BCUT2D eigenvalue weighted by molar-refractivity contribution is -0.0501. The monoisotopic (exact) mass is 168 g/mol. The molecule has 0 heteroatoms. The van der Waals surface area contributed by atoms with Gasteiger partial charge in [0.15, 0.2) is 0 Å². The predicted molar refractivity (Wildman–Crippen MR) is 55.1 cm³/mol. The molecule has 0 radical (unpaired) electrons. The Morgan fingerprint density at radius 2 is 1.75 bits per heavy atom. The summed E-state index contributed by atoms with van der Waals surface area (Å²) in [5.41, 5.74) is 1.13. The molecule has 0 N–H and O–H groups in total. The molecular weight excluding hydrogens is 144 g/mol. The molecule has 0 bridgehead atoms. The zero-order valence-corrected chi connectivity index (χ0v) is 9.57. The Kier molecular flexibility index (Phi) is 2.31. The van der Waals surface area contributed by atoms with Crippen LogP contribution in [0.25, 0.3) is 0 Å². The molecule has 1 saturated carbocycles. The van der Waals surface area contributed by atoms with Crippen molar-refractivity contribution in [3.05, 3.63) is 0 Å². The molecule has 1 atom stereocenters. The van der Waals surface area contributed by atoms with E-state index in [2.05, 4.69) is 41.5 Å². The van der Waals surface area contributed by atoms with Gasteiger partial charge in [-0.3, -0.25) is 0 Å². The molecule has 72 valence electrons. The fourth-order valence-corrected chi connectivity index (χ4v) is 2.65. The van der Waals surface area contributed by atoms with E-state index in [4.69, 9.17) is 0 Å². The molecule has 0 heterocycles. The Labute approximate surface area is 77.7 Å². The average Bonchev–Trinajstić information content (AvgIpc) is 1.84. The maximum Gasteiger partial charge on any atom is -0.0298 e. The predicted octanol–water partition coefficient (Wildman–Crippen LogP) is 4.10. The molecule has 0 amide bonds. The third kappa shape index (κ3) is 1.41. The van der Waals surface area contributed by atoms with Crippen LogP contribution in [-0.4, -0.2) is 0 Å². The van der Waals surface area contributed by atoms with Gasteiger partial charge < -0.3 is 0 Å². The smallest absolute Gasteiger partial charge is 0.0298 e. The van der Waals surface area contributed by atoms with Gasteiger partial charge in [0.2, 0.25) is 0 Å². The van der Waals surface area contributed by atoms with Crippen LogP contribution in [0, 0.1) is 22.7 Å². The van der Waals surface area contributed by atoms with Crippen LogP contribution in [-0.2, 0) is 0 Å². The molecule has 1 unspecified atom stereocenters. The highest BCUT2D eigenvalue weighted by Gasteiger charge is 2.47. The molecule has 0 aromatic heterocycles. The Morgan fingerprint density at radius 1 is 1.25 bits per heavy atom. The highest BCUT2D eigenvalue weighted by Crippen LogP contribution is 2.56. The molecule has 1 rings (SSSR count). The van der Waals surface area contributed by atoms with Crippen LogP contribution >= 0.6 is 0 Å². The summed E-state index contributed by atoms with van der Waals surface area (Å²) in [6, 6.07) is 0. The molecule has 0 nitrogen and oxygen atoms in total. The standard InChI is InChI=1S/C12H24/c1-9(2)12(5,6)10-7-8-11(10,3)4/h9-10H,7-8H2,1-6H3. The van der Waals surface area contributed by atoms with Gasteiger partial charge >= 0.3 is 0 Å². The molecule has 0 spiro atoms. The number of hydrogen-bond acceptors (Lipinski definition) is 0. The summed E-state index contributed by atoms with van der Waals surface area (Å²) < 4.78 is 0. The van der Waals surface area contributed by atoms with Crippen LogP contribution in [0.15, 0.2) is 0 Å². The van der Waals surface area contributed by atoms with Crippen LogP contribution in [0.3, 0.4) is 0 Å². The van der Waals surface area contributed by atoms with Gasteiger partial charge in [-0.15, -0.1) is 0 Å². The first kappa shape index (κ1) is 10.1. The van der Waals surface area contributed by atoms with Crippen LogP contribution in [0.4, 0.5) is 0 Å². The second-order valence-corrected chi connectivity index (χ2v) is 6.06. The van der Waals surface area contributed by atoms with Crippen molar-refractivity contribution in [2.24, 2.45) is 22.7 Å². The molecule has 12 heavy (non-hydrogen) atoms. The highest BCUT2D eigenvalue weighted by molar-refractivity contribution is 4.97. The Bertz CT molecular complexity index is 163. The highest BCUT2D eigenvalue weighted by atomic mass is 14.5. The van der Waals surface area contributed by atoms with E-state index < -0.39 is 0 Å². The Balaban J connectivity index is 2.70. The summed E-state index contributed by atoms with van der Waals surface area (Å²) >= 11 is 0. The van der Waals surface area contributed by atoms with Crippen LogP contribution in [0.5, 0.6) is 0 Å². The molecule has 0 aromatic rings. The topological polar surface area (TPSA) is 0 Å². The fourth-order valence-electron chi connectivity index (χ4n) is 2.65. The summed E-state index contributed by atoms with van der Waals surface area (Å²) in [5, 5.41) is 0. The van der Waals surface area contributed by atoms with Gasteiger partial charge in [-0.2, -0.15) is 0 Å². The lowest BCUT2D eigenvalue weighted by atomic mass is 9.51. The van der Waals surface area contributed by atoms with E-state index in [1.165, 1.54) is 12.8 Å². The number of hydrogen-bond donors (Lipinski definition) is 0. The lowest BCUT2D eigenvalue weighted by Crippen LogP contribution is -2.46. The second kappa shape index (κ2) is 2.75.